The zero-order valence-corrected chi connectivity index (χ0v) is 23.1. The number of aromatic nitrogens is 4. The van der Waals surface area contributed by atoms with E-state index < -0.39 is 6.10 Å². The number of nitrogens with zero attached hydrogens (tertiary/aromatic N) is 6. The highest BCUT2D eigenvalue weighted by Gasteiger charge is 2.29. The fraction of sp³-hybridized carbons (Fsp3) is 0.464. The van der Waals surface area contributed by atoms with Crippen molar-refractivity contribution in [2.24, 2.45) is 5.92 Å². The van der Waals surface area contributed by atoms with Gasteiger partial charge in [0.05, 0.1) is 31.6 Å². The van der Waals surface area contributed by atoms with Crippen LogP contribution in [0.3, 0.4) is 0 Å². The van der Waals surface area contributed by atoms with Crippen molar-refractivity contribution in [3.8, 4) is 11.6 Å². The summed E-state index contributed by atoms with van der Waals surface area (Å²) in [6.45, 7) is 5.11. The highest BCUT2D eigenvalue weighted by Crippen LogP contribution is 2.23. The molecule has 0 spiro atoms. The molecule has 4 rings (SSSR count). The lowest BCUT2D eigenvalue weighted by molar-refractivity contribution is -0.136. The first-order chi connectivity index (χ1) is 19.3. The third-order valence-corrected chi connectivity index (χ3v) is 6.79. The minimum absolute atomic E-state index is 0.0364. The Kier molecular flexibility index (Phi) is 10.0. The smallest absolute Gasteiger partial charge is 0.321 e. The molecular weight excluding hydrogens is 514 g/mol. The Morgan fingerprint density at radius 3 is 2.92 bits per heavy atom. The van der Waals surface area contributed by atoms with Gasteiger partial charge in [-0.05, 0) is 31.5 Å². The molecule has 3 amide bonds. The van der Waals surface area contributed by atoms with E-state index in [9.17, 15) is 14.7 Å². The Morgan fingerprint density at radius 2 is 2.15 bits per heavy atom. The normalized spacial score (nSPS) is 19.1. The maximum absolute atomic E-state index is 13.1. The monoisotopic (exact) mass is 551 g/mol. The molecule has 1 aromatic carbocycles. The van der Waals surface area contributed by atoms with Gasteiger partial charge in [-0.1, -0.05) is 24.3 Å². The number of benzene rings is 1. The van der Waals surface area contributed by atoms with Gasteiger partial charge in [-0.15, -0.1) is 5.10 Å². The molecule has 0 saturated carbocycles. The van der Waals surface area contributed by atoms with E-state index in [1.807, 2.05) is 26.1 Å². The van der Waals surface area contributed by atoms with Crippen molar-refractivity contribution < 1.29 is 24.2 Å². The van der Waals surface area contributed by atoms with Gasteiger partial charge in [-0.25, -0.2) is 9.78 Å². The molecule has 0 saturated heterocycles. The number of nitrogens with one attached hydrogen (secondary N) is 1. The van der Waals surface area contributed by atoms with Gasteiger partial charge in [0.15, 0.2) is 0 Å². The summed E-state index contributed by atoms with van der Waals surface area (Å²) in [7, 11) is 1.69. The first-order valence-corrected chi connectivity index (χ1v) is 13.4. The van der Waals surface area contributed by atoms with Crippen molar-refractivity contribution in [3.05, 3.63) is 60.6 Å². The van der Waals surface area contributed by atoms with E-state index in [4.69, 9.17) is 9.47 Å². The van der Waals surface area contributed by atoms with Crippen LogP contribution in [0.2, 0.25) is 0 Å². The maximum atomic E-state index is 13.1. The molecule has 12 nitrogen and oxygen atoms in total. The number of carbonyl (C=O) groups excluding carboxylic acids is 2. The van der Waals surface area contributed by atoms with Crippen molar-refractivity contribution in [2.45, 2.75) is 52.0 Å². The fourth-order valence-corrected chi connectivity index (χ4v) is 4.43. The second kappa shape index (κ2) is 13.9. The molecule has 0 unspecified atom stereocenters. The van der Waals surface area contributed by atoms with Crippen molar-refractivity contribution >= 4 is 17.6 Å². The Bertz CT molecular complexity index is 1250. The van der Waals surface area contributed by atoms with Crippen LogP contribution >= 0.6 is 0 Å². The summed E-state index contributed by atoms with van der Waals surface area (Å²) in [6.07, 6.45) is 4.00. The molecule has 2 aromatic heterocycles. The average molecular weight is 552 g/mol. The number of anilines is 1. The topological polar surface area (TPSA) is 135 Å². The number of hydrogen-bond acceptors (Lipinski definition) is 8. The molecule has 3 heterocycles. The molecular formula is C28H37N7O5. The average Bonchev–Trinajstić information content (AvgIpc) is 3.41. The summed E-state index contributed by atoms with van der Waals surface area (Å²) in [5, 5.41) is 21.0. The van der Waals surface area contributed by atoms with Gasteiger partial charge in [0.1, 0.15) is 11.4 Å². The van der Waals surface area contributed by atoms with Crippen LogP contribution in [-0.4, -0.2) is 85.7 Å². The number of aliphatic hydroxyl groups excluding tert-OH is 1. The van der Waals surface area contributed by atoms with E-state index in [0.717, 1.165) is 0 Å². The summed E-state index contributed by atoms with van der Waals surface area (Å²) < 4.78 is 13.7. The van der Waals surface area contributed by atoms with E-state index in [1.54, 1.807) is 64.1 Å². The molecule has 2 bridgehead atoms. The maximum Gasteiger partial charge on any atom is 0.321 e. The quantitative estimate of drug-likeness (QED) is 0.457. The van der Waals surface area contributed by atoms with Crippen molar-refractivity contribution in [1.29, 1.82) is 0 Å². The Balaban J connectivity index is 1.44. The molecule has 12 heteroatoms. The minimum atomic E-state index is -0.415. The Hall–Kier alpha value is -4.03. The third kappa shape index (κ3) is 7.99. The molecule has 0 aliphatic carbocycles. The van der Waals surface area contributed by atoms with Crippen LogP contribution in [0.5, 0.6) is 11.6 Å². The van der Waals surface area contributed by atoms with E-state index >= 15 is 0 Å². The van der Waals surface area contributed by atoms with Gasteiger partial charge in [0.25, 0.3) is 0 Å². The van der Waals surface area contributed by atoms with Crippen LogP contribution < -0.4 is 10.1 Å². The highest BCUT2D eigenvalue weighted by atomic mass is 16.5. The zero-order valence-electron chi connectivity index (χ0n) is 23.1. The van der Waals surface area contributed by atoms with Gasteiger partial charge >= 0.3 is 6.03 Å². The van der Waals surface area contributed by atoms with Crippen LogP contribution in [0.25, 0.3) is 0 Å². The summed E-state index contributed by atoms with van der Waals surface area (Å²) in [6, 6.07) is 11.8. The third-order valence-electron chi connectivity index (χ3n) is 6.79. The largest absolute Gasteiger partial charge is 0.439 e. The van der Waals surface area contributed by atoms with Gasteiger partial charge in [-0.3, -0.25) is 9.48 Å². The minimum Gasteiger partial charge on any atom is -0.439 e. The molecule has 3 atom stereocenters. The first kappa shape index (κ1) is 29.0. The van der Waals surface area contributed by atoms with Gasteiger partial charge < -0.3 is 29.7 Å². The van der Waals surface area contributed by atoms with Crippen molar-refractivity contribution in [1.82, 2.24) is 29.8 Å². The van der Waals surface area contributed by atoms with Gasteiger partial charge in [0.2, 0.25) is 11.8 Å². The number of likely N-dealkylation sites (N-methyl/N-ethyl adjacent to an activating group) is 1. The van der Waals surface area contributed by atoms with Crippen LogP contribution in [0, 0.1) is 5.92 Å². The molecule has 214 valence electrons. The van der Waals surface area contributed by atoms with Crippen LogP contribution in [0.4, 0.5) is 10.5 Å². The summed E-state index contributed by atoms with van der Waals surface area (Å²) in [5.41, 5.74) is 1.25. The highest BCUT2D eigenvalue weighted by molar-refractivity contribution is 5.89. The van der Waals surface area contributed by atoms with Crippen molar-refractivity contribution in [3.63, 3.8) is 0 Å². The summed E-state index contributed by atoms with van der Waals surface area (Å²) >= 11 is 0. The number of hydrogen-bond donors (Lipinski definition) is 2. The number of pyridine rings is 1. The van der Waals surface area contributed by atoms with E-state index in [-0.39, 0.29) is 43.7 Å². The first-order valence-electron chi connectivity index (χ1n) is 13.4. The second-order valence-corrected chi connectivity index (χ2v) is 10.1. The zero-order chi connectivity index (χ0) is 28.5. The number of aryl methyl sites for hydroxylation is 1. The molecule has 3 aromatic rings. The van der Waals surface area contributed by atoms with E-state index in [2.05, 4.69) is 20.6 Å². The Labute approximate surface area is 233 Å². The summed E-state index contributed by atoms with van der Waals surface area (Å²) in [5.74, 6) is 0.822. The van der Waals surface area contributed by atoms with Crippen LogP contribution in [0.15, 0.2) is 54.9 Å². The summed E-state index contributed by atoms with van der Waals surface area (Å²) in [4.78, 5) is 33.6. The second-order valence-electron chi connectivity index (χ2n) is 10.1. The van der Waals surface area contributed by atoms with E-state index in [1.165, 1.54) is 0 Å². The lowest BCUT2D eigenvalue weighted by Gasteiger charge is -2.35. The predicted octanol–water partition coefficient (Wildman–Crippen LogP) is 3.15. The number of ether oxygens (including phenoxy) is 2. The van der Waals surface area contributed by atoms with E-state index in [0.29, 0.717) is 48.9 Å². The lowest BCUT2D eigenvalue weighted by atomic mass is 10.0. The number of amides is 3. The number of urea groups is 1. The van der Waals surface area contributed by atoms with Crippen LogP contribution in [0.1, 0.15) is 32.4 Å². The molecule has 0 fully saturated rings. The molecule has 0 radical (unpaired) electrons. The number of aliphatic hydroxyl groups is 1. The number of carbonyl (C=O) groups is 2. The molecule has 1 aliphatic rings. The Morgan fingerprint density at radius 1 is 1.30 bits per heavy atom. The molecule has 40 heavy (non-hydrogen) atoms. The molecule has 1 aliphatic heterocycles. The SMILES string of the molecule is C[C@@H]1CN([C@@H](C)CO)C(=O)CCCn2cc(nn2)CO[C@@H]1CN(C)C(=O)Nc1cccc(Oc2ccccn2)c1. The van der Waals surface area contributed by atoms with Gasteiger partial charge in [-0.2, -0.15) is 0 Å². The fourth-order valence-electron chi connectivity index (χ4n) is 4.43. The lowest BCUT2D eigenvalue weighted by Crippen LogP contribution is -2.48. The van der Waals surface area contributed by atoms with Crippen LogP contribution in [-0.2, 0) is 22.7 Å². The van der Waals surface area contributed by atoms with Crippen molar-refractivity contribution in [2.75, 3.05) is 32.1 Å². The number of fused-ring (bicyclic) bond motifs is 2. The molecule has 2 N–H and O–H groups in total. The standard InChI is InChI=1S/C28H37N7O5/c1-20-15-35(21(2)18-36)27(37)11-7-13-34-16-23(31-32-34)19-39-25(20)17-33(3)28(38)30-22-8-6-9-24(14-22)40-26-10-4-5-12-29-26/h4-6,8-10,12,14,16,20-21,25,36H,7,11,13,15,17-19H2,1-3H3,(H,30,38)/t20-,21+,25-/m1/s1. The number of rotatable bonds is 7. The van der Waals surface area contributed by atoms with Gasteiger partial charge in [0, 0.05) is 63.0 Å². The predicted molar refractivity (Wildman–Crippen MR) is 148 cm³/mol.